The summed E-state index contributed by atoms with van der Waals surface area (Å²) in [6, 6.07) is -0.144. The van der Waals surface area contributed by atoms with Crippen LogP contribution in [0.5, 0.6) is 0 Å². The highest BCUT2D eigenvalue weighted by atomic mass is 32.1. The Hall–Kier alpha value is -0.780. The summed E-state index contributed by atoms with van der Waals surface area (Å²) in [6.07, 6.45) is 0.390. The van der Waals surface area contributed by atoms with Crippen LogP contribution in [-0.4, -0.2) is 30.0 Å². The van der Waals surface area contributed by atoms with Crippen molar-refractivity contribution in [3.8, 4) is 0 Å². The van der Waals surface area contributed by atoms with E-state index in [2.05, 4.69) is 4.98 Å². The van der Waals surface area contributed by atoms with Gasteiger partial charge >= 0.3 is 0 Å². The Morgan fingerprint density at radius 2 is 2.31 bits per heavy atom. The van der Waals surface area contributed by atoms with Crippen molar-refractivity contribution in [3.05, 3.63) is 15.6 Å². The summed E-state index contributed by atoms with van der Waals surface area (Å²) in [5, 5.41) is 0.888. The van der Waals surface area contributed by atoms with Gasteiger partial charge in [-0.1, -0.05) is 0 Å². The fourth-order valence-electron chi connectivity index (χ4n) is 1.80. The van der Waals surface area contributed by atoms with Crippen LogP contribution in [0.2, 0.25) is 0 Å². The van der Waals surface area contributed by atoms with Crippen LogP contribution in [0.15, 0.2) is 0 Å². The highest BCUT2D eigenvalue weighted by Gasteiger charge is 2.31. The molecule has 0 radical (unpaired) electrons. The van der Waals surface area contributed by atoms with Crippen molar-refractivity contribution in [1.82, 2.24) is 4.98 Å². The molecule has 0 aromatic carbocycles. The zero-order valence-electron chi connectivity index (χ0n) is 9.53. The maximum atomic E-state index is 12.0. The lowest BCUT2D eigenvalue weighted by atomic mass is 9.97. The van der Waals surface area contributed by atoms with E-state index in [-0.39, 0.29) is 17.7 Å². The number of carbonyl (C=O) groups excluding carboxylic acids is 1. The second kappa shape index (κ2) is 4.61. The second-order valence-corrected chi connectivity index (χ2v) is 5.49. The van der Waals surface area contributed by atoms with Gasteiger partial charge < -0.3 is 10.5 Å². The molecule has 0 bridgehead atoms. The summed E-state index contributed by atoms with van der Waals surface area (Å²) in [6.45, 7) is 4.94. The van der Waals surface area contributed by atoms with Crippen LogP contribution in [0.4, 0.5) is 0 Å². The predicted octanol–water partition coefficient (Wildman–Crippen LogP) is 0.845. The molecule has 2 unspecified atom stereocenters. The maximum absolute atomic E-state index is 12.0. The Morgan fingerprint density at radius 3 is 2.81 bits per heavy atom. The molecule has 0 aliphatic carbocycles. The lowest BCUT2D eigenvalue weighted by Crippen LogP contribution is -2.34. The number of rotatable bonds is 3. The molecule has 0 spiro atoms. The van der Waals surface area contributed by atoms with Gasteiger partial charge in [-0.2, -0.15) is 0 Å². The lowest BCUT2D eigenvalue weighted by molar-refractivity contribution is -0.122. The molecule has 1 aliphatic rings. The smallest absolute Gasteiger partial charge is 0.146 e. The Morgan fingerprint density at radius 1 is 1.56 bits per heavy atom. The minimum atomic E-state index is -0.149. The summed E-state index contributed by atoms with van der Waals surface area (Å²) in [4.78, 5) is 17.5. The van der Waals surface area contributed by atoms with Gasteiger partial charge in [0.1, 0.15) is 10.8 Å². The number of aryl methyl sites for hydroxylation is 2. The first kappa shape index (κ1) is 11.7. The number of nitrogens with two attached hydrogens (primary N) is 1. The van der Waals surface area contributed by atoms with Crippen molar-refractivity contribution in [1.29, 1.82) is 0 Å². The minimum absolute atomic E-state index is 0.144. The topological polar surface area (TPSA) is 65.2 Å². The number of ketones is 1. The molecule has 2 rings (SSSR count). The molecule has 1 fully saturated rings. The molecule has 16 heavy (non-hydrogen) atoms. The van der Waals surface area contributed by atoms with Gasteiger partial charge in [-0.05, 0) is 13.8 Å². The average molecular weight is 240 g/mol. The molecule has 2 N–H and O–H groups in total. The Kier molecular flexibility index (Phi) is 3.37. The number of ether oxygens (including phenoxy) is 1. The SMILES string of the molecule is Cc1nc(CC(=O)C2COCC2N)sc1C. The zero-order valence-corrected chi connectivity index (χ0v) is 10.3. The van der Waals surface area contributed by atoms with E-state index in [9.17, 15) is 4.79 Å². The van der Waals surface area contributed by atoms with E-state index < -0.39 is 0 Å². The summed E-state index contributed by atoms with van der Waals surface area (Å²) in [7, 11) is 0. The standard InChI is InChI=1S/C11H16N2O2S/c1-6-7(2)16-11(13-6)3-10(14)8-4-15-5-9(8)12/h8-9H,3-5,12H2,1-2H3. The first-order chi connectivity index (χ1) is 7.58. The molecule has 4 nitrogen and oxygen atoms in total. The van der Waals surface area contributed by atoms with E-state index in [4.69, 9.17) is 10.5 Å². The summed E-state index contributed by atoms with van der Waals surface area (Å²) in [5.74, 6) is 0.00302. The van der Waals surface area contributed by atoms with Crippen LogP contribution in [0.25, 0.3) is 0 Å². The number of nitrogens with zero attached hydrogens (tertiary/aromatic N) is 1. The summed E-state index contributed by atoms with van der Waals surface area (Å²) in [5.41, 5.74) is 6.82. The molecule has 5 heteroatoms. The van der Waals surface area contributed by atoms with Crippen molar-refractivity contribution in [3.63, 3.8) is 0 Å². The monoisotopic (exact) mass is 240 g/mol. The van der Waals surface area contributed by atoms with E-state index in [0.717, 1.165) is 10.7 Å². The molecule has 1 aliphatic heterocycles. The van der Waals surface area contributed by atoms with Gasteiger partial charge in [-0.3, -0.25) is 4.79 Å². The van der Waals surface area contributed by atoms with E-state index in [1.807, 2.05) is 13.8 Å². The molecule has 2 heterocycles. The van der Waals surface area contributed by atoms with Crippen LogP contribution in [-0.2, 0) is 16.0 Å². The minimum Gasteiger partial charge on any atom is -0.379 e. The molecule has 1 aromatic heterocycles. The van der Waals surface area contributed by atoms with Crippen molar-refractivity contribution < 1.29 is 9.53 Å². The van der Waals surface area contributed by atoms with Crippen LogP contribution >= 0.6 is 11.3 Å². The first-order valence-electron chi connectivity index (χ1n) is 5.37. The van der Waals surface area contributed by atoms with Gasteiger partial charge in [-0.25, -0.2) is 4.98 Å². The van der Waals surface area contributed by atoms with Crippen molar-refractivity contribution in [2.75, 3.05) is 13.2 Å². The average Bonchev–Trinajstić information content (AvgIpc) is 2.74. The number of carbonyl (C=O) groups is 1. The van der Waals surface area contributed by atoms with Crippen molar-refractivity contribution >= 4 is 17.1 Å². The maximum Gasteiger partial charge on any atom is 0.146 e. The molecule has 0 amide bonds. The highest BCUT2D eigenvalue weighted by Crippen LogP contribution is 2.20. The second-order valence-electron chi connectivity index (χ2n) is 4.20. The lowest BCUT2D eigenvalue weighted by Gasteiger charge is -2.10. The van der Waals surface area contributed by atoms with Crippen LogP contribution in [0.3, 0.4) is 0 Å². The molecular formula is C11H16N2O2S. The number of hydrogen-bond acceptors (Lipinski definition) is 5. The van der Waals surface area contributed by atoms with E-state index >= 15 is 0 Å². The third kappa shape index (κ3) is 2.31. The fourth-order valence-corrected chi connectivity index (χ4v) is 2.74. The Balaban J connectivity index is 2.01. The first-order valence-corrected chi connectivity index (χ1v) is 6.18. The molecule has 1 saturated heterocycles. The zero-order chi connectivity index (χ0) is 11.7. The van der Waals surface area contributed by atoms with Crippen LogP contribution < -0.4 is 5.73 Å². The van der Waals surface area contributed by atoms with E-state index in [0.29, 0.717) is 19.6 Å². The van der Waals surface area contributed by atoms with Crippen LogP contribution in [0, 0.1) is 19.8 Å². The molecule has 88 valence electrons. The fraction of sp³-hybridized carbons (Fsp3) is 0.636. The number of Topliss-reactive ketones (excluding diaryl/α,β-unsaturated/α-hetero) is 1. The number of thiazole rings is 1. The van der Waals surface area contributed by atoms with E-state index in [1.54, 1.807) is 11.3 Å². The molecule has 1 aromatic rings. The van der Waals surface area contributed by atoms with Gasteiger partial charge in [0.25, 0.3) is 0 Å². The quantitative estimate of drug-likeness (QED) is 0.850. The third-order valence-corrected chi connectivity index (χ3v) is 4.01. The van der Waals surface area contributed by atoms with Crippen LogP contribution in [0.1, 0.15) is 15.6 Å². The Labute approximate surface area is 98.8 Å². The van der Waals surface area contributed by atoms with Gasteiger partial charge in [0.15, 0.2) is 0 Å². The molecule has 2 atom stereocenters. The van der Waals surface area contributed by atoms with Gasteiger partial charge in [0.2, 0.25) is 0 Å². The van der Waals surface area contributed by atoms with Gasteiger partial charge in [-0.15, -0.1) is 11.3 Å². The van der Waals surface area contributed by atoms with Gasteiger partial charge in [0, 0.05) is 10.9 Å². The van der Waals surface area contributed by atoms with Crippen molar-refractivity contribution in [2.24, 2.45) is 11.7 Å². The van der Waals surface area contributed by atoms with Crippen molar-refractivity contribution in [2.45, 2.75) is 26.3 Å². The Bertz CT molecular complexity index is 383. The van der Waals surface area contributed by atoms with E-state index in [1.165, 1.54) is 4.88 Å². The predicted molar refractivity (Wildman–Crippen MR) is 62.6 cm³/mol. The normalized spacial score (nSPS) is 24.9. The molecular weight excluding hydrogens is 224 g/mol. The number of hydrogen-bond donors (Lipinski definition) is 1. The summed E-state index contributed by atoms with van der Waals surface area (Å²) >= 11 is 1.59. The highest BCUT2D eigenvalue weighted by molar-refractivity contribution is 7.11. The summed E-state index contributed by atoms with van der Waals surface area (Å²) < 4.78 is 5.19. The number of aromatic nitrogens is 1. The third-order valence-electron chi connectivity index (χ3n) is 2.94. The molecule has 0 saturated carbocycles. The van der Waals surface area contributed by atoms with Gasteiger partial charge in [0.05, 0.1) is 31.2 Å². The largest absolute Gasteiger partial charge is 0.379 e.